The summed E-state index contributed by atoms with van der Waals surface area (Å²) in [6, 6.07) is 6.65. The molecule has 78 valence electrons. The van der Waals surface area contributed by atoms with Crippen LogP contribution in [0.25, 0.3) is 0 Å². The van der Waals surface area contributed by atoms with Crippen LogP contribution in [0.4, 0.5) is 8.78 Å². The van der Waals surface area contributed by atoms with Crippen molar-refractivity contribution in [2.24, 2.45) is 5.73 Å². The standard InChI is InChI=1S/C10H12ClF2N/c11-9-4-2-1-3-7(9)8(5-6-14)10(12)13/h1-4,8,10H,5-6,14H2. The third-order valence-electron chi connectivity index (χ3n) is 2.09. The molecule has 0 saturated carbocycles. The van der Waals surface area contributed by atoms with Crippen LogP contribution >= 0.6 is 11.6 Å². The smallest absolute Gasteiger partial charge is 0.245 e. The lowest BCUT2D eigenvalue weighted by molar-refractivity contribution is 0.111. The van der Waals surface area contributed by atoms with Gasteiger partial charge in [0.15, 0.2) is 0 Å². The lowest BCUT2D eigenvalue weighted by Crippen LogP contribution is -2.14. The van der Waals surface area contributed by atoms with Gasteiger partial charge in [0.05, 0.1) is 0 Å². The largest absolute Gasteiger partial charge is 0.330 e. The first kappa shape index (κ1) is 11.4. The van der Waals surface area contributed by atoms with Crippen molar-refractivity contribution in [3.63, 3.8) is 0 Å². The molecule has 0 saturated heterocycles. The van der Waals surface area contributed by atoms with Gasteiger partial charge in [0.25, 0.3) is 0 Å². The molecule has 1 aromatic rings. The van der Waals surface area contributed by atoms with Gasteiger partial charge in [-0.25, -0.2) is 8.78 Å². The normalized spacial score (nSPS) is 13.2. The fourth-order valence-electron chi connectivity index (χ4n) is 1.37. The minimum atomic E-state index is -2.42. The van der Waals surface area contributed by atoms with Gasteiger partial charge >= 0.3 is 0 Å². The van der Waals surface area contributed by atoms with E-state index >= 15 is 0 Å². The minimum Gasteiger partial charge on any atom is -0.330 e. The van der Waals surface area contributed by atoms with Crippen LogP contribution in [0.5, 0.6) is 0 Å². The van der Waals surface area contributed by atoms with E-state index in [0.717, 1.165) is 0 Å². The van der Waals surface area contributed by atoms with Gasteiger partial charge in [-0.2, -0.15) is 0 Å². The molecule has 0 aliphatic heterocycles. The van der Waals surface area contributed by atoms with E-state index < -0.39 is 12.3 Å². The third kappa shape index (κ3) is 2.66. The lowest BCUT2D eigenvalue weighted by Gasteiger charge is -2.16. The maximum atomic E-state index is 12.6. The van der Waals surface area contributed by atoms with Crippen LogP contribution in [0.15, 0.2) is 24.3 Å². The molecule has 0 aliphatic carbocycles. The van der Waals surface area contributed by atoms with E-state index in [9.17, 15) is 8.78 Å². The highest BCUT2D eigenvalue weighted by molar-refractivity contribution is 6.31. The topological polar surface area (TPSA) is 26.0 Å². The van der Waals surface area contributed by atoms with Crippen molar-refractivity contribution in [3.05, 3.63) is 34.9 Å². The minimum absolute atomic E-state index is 0.236. The molecule has 1 atom stereocenters. The lowest BCUT2D eigenvalue weighted by atomic mass is 9.96. The van der Waals surface area contributed by atoms with E-state index in [1.54, 1.807) is 24.3 Å². The number of alkyl halides is 2. The van der Waals surface area contributed by atoms with E-state index in [1.807, 2.05) is 0 Å². The Morgan fingerprint density at radius 2 is 1.93 bits per heavy atom. The molecule has 0 heterocycles. The molecule has 2 N–H and O–H groups in total. The van der Waals surface area contributed by atoms with E-state index in [2.05, 4.69) is 0 Å². The van der Waals surface area contributed by atoms with Crippen LogP contribution in [0, 0.1) is 0 Å². The van der Waals surface area contributed by atoms with Crippen LogP contribution in [-0.2, 0) is 0 Å². The van der Waals surface area contributed by atoms with E-state index in [0.29, 0.717) is 10.6 Å². The highest BCUT2D eigenvalue weighted by Crippen LogP contribution is 2.31. The first-order valence-corrected chi connectivity index (χ1v) is 4.77. The number of halogens is 3. The van der Waals surface area contributed by atoms with Crippen molar-refractivity contribution >= 4 is 11.6 Å². The van der Waals surface area contributed by atoms with Gasteiger partial charge in [0.2, 0.25) is 6.43 Å². The SMILES string of the molecule is NCCC(c1ccccc1Cl)C(F)F. The fourth-order valence-corrected chi connectivity index (χ4v) is 1.65. The number of hydrogen-bond donors (Lipinski definition) is 1. The van der Waals surface area contributed by atoms with Gasteiger partial charge in [0, 0.05) is 10.9 Å². The Hall–Kier alpha value is -0.670. The molecule has 0 bridgehead atoms. The number of rotatable bonds is 4. The Morgan fingerprint density at radius 1 is 1.29 bits per heavy atom. The Balaban J connectivity index is 2.93. The summed E-state index contributed by atoms with van der Waals surface area (Å²) in [6.07, 6.45) is -2.17. The molecule has 0 spiro atoms. The second kappa shape index (κ2) is 5.27. The van der Waals surface area contributed by atoms with Gasteiger partial charge in [0.1, 0.15) is 0 Å². The summed E-state index contributed by atoms with van der Waals surface area (Å²) in [5, 5.41) is 0.381. The monoisotopic (exact) mass is 219 g/mol. The van der Waals surface area contributed by atoms with Crippen LogP contribution in [0.2, 0.25) is 5.02 Å². The summed E-state index contributed by atoms with van der Waals surface area (Å²) in [6.45, 7) is 0.236. The first-order valence-electron chi connectivity index (χ1n) is 4.39. The zero-order chi connectivity index (χ0) is 10.6. The molecule has 0 radical (unpaired) electrons. The van der Waals surface area contributed by atoms with Crippen molar-refractivity contribution in [1.29, 1.82) is 0 Å². The van der Waals surface area contributed by atoms with Gasteiger partial charge in [-0.1, -0.05) is 29.8 Å². The zero-order valence-corrected chi connectivity index (χ0v) is 8.35. The maximum Gasteiger partial charge on any atom is 0.245 e. The molecule has 0 aromatic heterocycles. The van der Waals surface area contributed by atoms with Crippen molar-refractivity contribution in [1.82, 2.24) is 0 Å². The van der Waals surface area contributed by atoms with Crippen molar-refractivity contribution in [2.45, 2.75) is 18.8 Å². The van der Waals surface area contributed by atoms with Crippen molar-refractivity contribution in [3.8, 4) is 0 Å². The van der Waals surface area contributed by atoms with Crippen molar-refractivity contribution in [2.75, 3.05) is 6.54 Å². The van der Waals surface area contributed by atoms with Crippen LogP contribution in [0.3, 0.4) is 0 Å². The Bertz CT molecular complexity index is 291. The van der Waals surface area contributed by atoms with Gasteiger partial charge in [-0.15, -0.1) is 0 Å². The number of hydrogen-bond acceptors (Lipinski definition) is 1. The molecule has 0 fully saturated rings. The van der Waals surface area contributed by atoms with Crippen LogP contribution in [0.1, 0.15) is 17.9 Å². The summed E-state index contributed by atoms with van der Waals surface area (Å²) in [5.41, 5.74) is 5.76. The van der Waals surface area contributed by atoms with Gasteiger partial charge in [-0.05, 0) is 24.6 Å². The second-order valence-corrected chi connectivity index (χ2v) is 3.45. The molecule has 1 rings (SSSR count). The second-order valence-electron chi connectivity index (χ2n) is 3.04. The third-order valence-corrected chi connectivity index (χ3v) is 2.43. The average Bonchev–Trinajstić information content (AvgIpc) is 2.15. The summed E-state index contributed by atoms with van der Waals surface area (Å²) < 4.78 is 25.3. The fraction of sp³-hybridized carbons (Fsp3) is 0.400. The summed E-state index contributed by atoms with van der Waals surface area (Å²) in [4.78, 5) is 0. The van der Waals surface area contributed by atoms with Gasteiger partial charge in [-0.3, -0.25) is 0 Å². The van der Waals surface area contributed by atoms with Gasteiger partial charge < -0.3 is 5.73 Å². The first-order chi connectivity index (χ1) is 6.66. The molecule has 0 amide bonds. The molecule has 14 heavy (non-hydrogen) atoms. The predicted molar refractivity (Wildman–Crippen MR) is 53.9 cm³/mol. The average molecular weight is 220 g/mol. The molecule has 1 nitrogen and oxygen atoms in total. The Morgan fingerprint density at radius 3 is 2.43 bits per heavy atom. The van der Waals surface area contributed by atoms with E-state index in [4.69, 9.17) is 17.3 Å². The van der Waals surface area contributed by atoms with Crippen LogP contribution < -0.4 is 5.73 Å². The van der Waals surface area contributed by atoms with E-state index in [-0.39, 0.29) is 13.0 Å². The molecular formula is C10H12ClF2N. The predicted octanol–water partition coefficient (Wildman–Crippen LogP) is 3.04. The summed E-state index contributed by atoms with van der Waals surface area (Å²) in [7, 11) is 0. The highest BCUT2D eigenvalue weighted by atomic mass is 35.5. The quantitative estimate of drug-likeness (QED) is 0.828. The maximum absolute atomic E-state index is 12.6. The highest BCUT2D eigenvalue weighted by Gasteiger charge is 2.23. The Labute approximate surface area is 86.9 Å². The molecular weight excluding hydrogens is 208 g/mol. The zero-order valence-electron chi connectivity index (χ0n) is 7.59. The molecule has 1 aromatic carbocycles. The van der Waals surface area contributed by atoms with Crippen LogP contribution in [-0.4, -0.2) is 13.0 Å². The van der Waals surface area contributed by atoms with Crippen molar-refractivity contribution < 1.29 is 8.78 Å². The summed E-state index contributed by atoms with van der Waals surface area (Å²) >= 11 is 5.82. The molecule has 4 heteroatoms. The Kier molecular flexibility index (Phi) is 4.29. The number of benzene rings is 1. The molecule has 0 aliphatic rings. The summed E-state index contributed by atoms with van der Waals surface area (Å²) in [5.74, 6) is -0.853. The number of nitrogens with two attached hydrogens (primary N) is 1. The molecule has 1 unspecified atom stereocenters. The van der Waals surface area contributed by atoms with E-state index in [1.165, 1.54) is 0 Å².